The number of H-pyrrole nitrogens is 2. The molecule has 0 spiro atoms. The molecule has 12 heteroatoms. The molecule has 0 atom stereocenters. The Bertz CT molecular complexity index is 1360. The number of ether oxygens (including phenoxy) is 2. The molecule has 0 amide bonds. The van der Waals surface area contributed by atoms with Crippen molar-refractivity contribution in [3.63, 3.8) is 0 Å². The number of hydrogen-bond donors (Lipinski definition) is 2. The molecule has 0 fully saturated rings. The first-order chi connectivity index (χ1) is 16.4. The van der Waals surface area contributed by atoms with Gasteiger partial charge in [-0.05, 0) is 58.0 Å². The van der Waals surface area contributed by atoms with Crippen molar-refractivity contribution in [3.8, 4) is 22.9 Å². The van der Waals surface area contributed by atoms with Gasteiger partial charge < -0.3 is 9.47 Å². The fraction of sp³-hybridized carbons (Fsp3) is 0.182. The minimum atomic E-state index is -0.626. The summed E-state index contributed by atoms with van der Waals surface area (Å²) in [5.41, 5.74) is 0.818. The van der Waals surface area contributed by atoms with Gasteiger partial charge in [0.1, 0.15) is 22.9 Å². The summed E-state index contributed by atoms with van der Waals surface area (Å²) in [6, 6.07) is 14.0. The highest BCUT2D eigenvalue weighted by atomic mass is 16.5. The summed E-state index contributed by atoms with van der Waals surface area (Å²) in [6.45, 7) is 3.21. The Hall–Kier alpha value is -4.74. The summed E-state index contributed by atoms with van der Waals surface area (Å²) in [4.78, 5) is 24.7. The van der Waals surface area contributed by atoms with E-state index in [1.807, 2.05) is 0 Å². The topological polar surface area (TPSA) is 143 Å². The van der Waals surface area contributed by atoms with Crippen LogP contribution in [-0.2, 0) is 0 Å². The second-order valence-corrected chi connectivity index (χ2v) is 7.10. The van der Waals surface area contributed by atoms with Crippen molar-refractivity contribution >= 4 is 11.4 Å². The van der Waals surface area contributed by atoms with Crippen LogP contribution in [0.5, 0.6) is 11.5 Å². The average molecular weight is 466 g/mol. The first-order valence-electron chi connectivity index (χ1n) is 10.1. The fourth-order valence-corrected chi connectivity index (χ4v) is 3.23. The second kappa shape index (κ2) is 9.40. The maximum Gasteiger partial charge on any atom is 0.437 e. The smallest absolute Gasteiger partial charge is 0.437 e. The minimum Gasteiger partial charge on any atom is -0.497 e. The Balaban J connectivity index is 1.69. The first-order valence-corrected chi connectivity index (χ1v) is 10.1. The Morgan fingerprint density at radius 2 is 1.06 bits per heavy atom. The van der Waals surface area contributed by atoms with Crippen molar-refractivity contribution in [2.45, 2.75) is 13.8 Å². The van der Waals surface area contributed by atoms with Gasteiger partial charge in [-0.1, -0.05) is 0 Å². The lowest BCUT2D eigenvalue weighted by atomic mass is 10.2. The standard InChI is InChI=1S/C22H21N6O6/c1-13(19-21(29)33-25-27(19)15-5-9-17(31-3)10-6-15)23-24-14(2)20-22(30)34-26-28(20)16-7-11-18(32-4)12-8-16/h5-12,25H,1-4H3/q+1/p+1. The quantitative estimate of drug-likeness (QED) is 0.237. The fourth-order valence-electron chi connectivity index (χ4n) is 3.23. The summed E-state index contributed by atoms with van der Waals surface area (Å²) < 4.78 is 23.1. The van der Waals surface area contributed by atoms with E-state index >= 15 is 0 Å². The molecule has 34 heavy (non-hydrogen) atoms. The predicted molar refractivity (Wildman–Crippen MR) is 119 cm³/mol. The van der Waals surface area contributed by atoms with Gasteiger partial charge in [0.15, 0.2) is 0 Å². The minimum absolute atomic E-state index is 0.144. The molecule has 12 nitrogen and oxygen atoms in total. The lowest BCUT2D eigenvalue weighted by molar-refractivity contribution is -0.671. The lowest BCUT2D eigenvalue weighted by Gasteiger charge is -1.98. The van der Waals surface area contributed by atoms with Crippen LogP contribution >= 0.6 is 0 Å². The number of hydrogen-bond acceptors (Lipinski definition) is 8. The number of methoxy groups -OCH3 is 2. The van der Waals surface area contributed by atoms with Gasteiger partial charge in [0, 0.05) is 24.3 Å². The van der Waals surface area contributed by atoms with Crippen LogP contribution in [0.3, 0.4) is 0 Å². The Labute approximate surface area is 192 Å². The lowest BCUT2D eigenvalue weighted by Crippen LogP contribution is -2.41. The molecular formula is C22H22N6O6+2. The highest BCUT2D eigenvalue weighted by Gasteiger charge is 2.28. The molecule has 2 heterocycles. The number of aromatic nitrogens is 4. The van der Waals surface area contributed by atoms with Crippen molar-refractivity contribution in [3.05, 3.63) is 80.8 Å². The zero-order valence-electron chi connectivity index (χ0n) is 18.9. The van der Waals surface area contributed by atoms with Gasteiger partial charge in [0.05, 0.1) is 14.2 Å². The van der Waals surface area contributed by atoms with E-state index in [-0.39, 0.29) is 22.8 Å². The summed E-state index contributed by atoms with van der Waals surface area (Å²) in [5.74, 6) is 1.33. The molecule has 2 N–H and O–H groups in total. The van der Waals surface area contributed by atoms with Crippen molar-refractivity contribution in [1.29, 1.82) is 0 Å². The predicted octanol–water partition coefficient (Wildman–Crippen LogP) is 1.05. The zero-order valence-corrected chi connectivity index (χ0v) is 18.9. The van der Waals surface area contributed by atoms with Gasteiger partial charge in [0.2, 0.25) is 11.4 Å². The van der Waals surface area contributed by atoms with E-state index in [2.05, 4.69) is 20.7 Å². The van der Waals surface area contributed by atoms with Crippen LogP contribution in [0, 0.1) is 0 Å². The van der Waals surface area contributed by atoms with E-state index in [1.165, 1.54) is 9.36 Å². The number of benzene rings is 2. The molecule has 0 aliphatic heterocycles. The van der Waals surface area contributed by atoms with Crippen LogP contribution in [0.25, 0.3) is 11.4 Å². The summed E-state index contributed by atoms with van der Waals surface area (Å²) in [5, 5.41) is 13.4. The van der Waals surface area contributed by atoms with E-state index < -0.39 is 11.3 Å². The SMILES string of the molecule is COc1ccc(-[n+]2[nH]oc(=O)c2/C(C)=N/N=C(\C)c2c(=O)o[nH][n+]2-c2ccc(OC)cc2)cc1. The van der Waals surface area contributed by atoms with Crippen molar-refractivity contribution in [2.24, 2.45) is 10.2 Å². The molecule has 0 saturated carbocycles. The van der Waals surface area contributed by atoms with Crippen molar-refractivity contribution in [1.82, 2.24) is 10.5 Å². The second-order valence-electron chi connectivity index (χ2n) is 7.10. The van der Waals surface area contributed by atoms with Crippen LogP contribution < -0.4 is 30.1 Å². The molecule has 4 rings (SSSR count). The monoisotopic (exact) mass is 466 g/mol. The summed E-state index contributed by atoms with van der Waals surface area (Å²) in [6.07, 6.45) is 0. The molecular weight excluding hydrogens is 444 g/mol. The Morgan fingerprint density at radius 3 is 1.38 bits per heavy atom. The molecule has 0 bridgehead atoms. The molecule has 0 radical (unpaired) electrons. The molecule has 174 valence electrons. The Kier molecular flexibility index (Phi) is 6.21. The number of nitrogens with one attached hydrogen (secondary N) is 2. The van der Waals surface area contributed by atoms with Crippen LogP contribution in [0.4, 0.5) is 0 Å². The third-order valence-corrected chi connectivity index (χ3v) is 4.99. The Morgan fingerprint density at radius 1 is 0.706 bits per heavy atom. The number of rotatable bonds is 7. The van der Waals surface area contributed by atoms with Gasteiger partial charge in [-0.2, -0.15) is 0 Å². The maximum absolute atomic E-state index is 12.3. The molecule has 0 aliphatic rings. The van der Waals surface area contributed by atoms with Crippen LogP contribution in [0.15, 0.2) is 77.4 Å². The van der Waals surface area contributed by atoms with Gasteiger partial charge in [-0.3, -0.25) is 9.05 Å². The number of nitrogens with zero attached hydrogens (tertiary/aromatic N) is 4. The van der Waals surface area contributed by atoms with E-state index in [1.54, 1.807) is 76.6 Å². The highest BCUT2D eigenvalue weighted by molar-refractivity contribution is 5.98. The summed E-state index contributed by atoms with van der Waals surface area (Å²) in [7, 11) is 3.13. The molecule has 0 aliphatic carbocycles. The third-order valence-electron chi connectivity index (χ3n) is 4.99. The van der Waals surface area contributed by atoms with Crippen LogP contribution in [0.1, 0.15) is 25.2 Å². The van der Waals surface area contributed by atoms with E-state index in [4.69, 9.17) is 18.5 Å². The first kappa shape index (κ1) is 22.5. The van der Waals surface area contributed by atoms with Gasteiger partial charge in [0.25, 0.3) is 0 Å². The van der Waals surface area contributed by atoms with Gasteiger partial charge in [-0.15, -0.1) is 10.2 Å². The molecule has 0 unspecified atom stereocenters. The van der Waals surface area contributed by atoms with Crippen molar-refractivity contribution < 1.29 is 27.9 Å². The van der Waals surface area contributed by atoms with Gasteiger partial charge >= 0.3 is 22.6 Å². The average Bonchev–Trinajstić information content (AvgIpc) is 3.45. The maximum atomic E-state index is 12.3. The third kappa shape index (κ3) is 4.28. The summed E-state index contributed by atoms with van der Waals surface area (Å²) >= 11 is 0. The molecule has 4 aromatic rings. The van der Waals surface area contributed by atoms with E-state index in [9.17, 15) is 9.59 Å². The number of aromatic amines is 2. The highest BCUT2D eigenvalue weighted by Crippen LogP contribution is 2.12. The van der Waals surface area contributed by atoms with Crippen molar-refractivity contribution in [2.75, 3.05) is 14.2 Å². The largest absolute Gasteiger partial charge is 0.497 e. The molecule has 2 aromatic heterocycles. The van der Waals surface area contributed by atoms with Gasteiger partial charge in [-0.25, -0.2) is 9.59 Å². The normalized spacial score (nSPS) is 12.1. The molecule has 0 saturated heterocycles. The van der Waals surface area contributed by atoms with Crippen LogP contribution in [-0.4, -0.2) is 36.2 Å². The van der Waals surface area contributed by atoms with E-state index in [0.29, 0.717) is 22.9 Å². The molecule has 2 aromatic carbocycles. The van der Waals surface area contributed by atoms with Crippen LogP contribution in [0.2, 0.25) is 0 Å². The van der Waals surface area contributed by atoms with E-state index in [0.717, 1.165) is 0 Å². The zero-order chi connectivity index (χ0) is 24.2.